The number of carboxylic acid groups (broad SMARTS) is 1. The second-order valence-electron chi connectivity index (χ2n) is 3.56. The van der Waals surface area contributed by atoms with E-state index in [9.17, 15) is 4.79 Å². The highest BCUT2D eigenvalue weighted by Gasteiger charge is 2.04. The highest BCUT2D eigenvalue weighted by molar-refractivity contribution is 5.66. The van der Waals surface area contributed by atoms with Crippen LogP contribution in [0.15, 0.2) is 18.5 Å². The molecule has 1 rings (SSSR count). The summed E-state index contributed by atoms with van der Waals surface area (Å²) in [5.41, 5.74) is 0. The van der Waals surface area contributed by atoms with E-state index in [2.05, 4.69) is 10.4 Å². The van der Waals surface area contributed by atoms with Crippen LogP contribution in [0, 0.1) is 0 Å². The van der Waals surface area contributed by atoms with Gasteiger partial charge in [-0.1, -0.05) is 0 Å². The molecule has 1 atom stereocenters. The highest BCUT2D eigenvalue weighted by atomic mass is 16.4. The minimum absolute atomic E-state index is 0.218. The first-order valence-corrected chi connectivity index (χ1v) is 5.11. The van der Waals surface area contributed by atoms with Gasteiger partial charge in [-0.05, 0) is 19.4 Å². The van der Waals surface area contributed by atoms with Gasteiger partial charge in [0.1, 0.15) is 0 Å². The van der Waals surface area contributed by atoms with Gasteiger partial charge in [0, 0.05) is 31.4 Å². The number of carbonyl (C=O) groups is 1. The molecule has 1 aromatic rings. The summed E-state index contributed by atoms with van der Waals surface area (Å²) in [7, 11) is 0. The van der Waals surface area contributed by atoms with Crippen molar-refractivity contribution < 1.29 is 9.90 Å². The molecule has 0 aromatic carbocycles. The summed E-state index contributed by atoms with van der Waals surface area (Å²) in [4.78, 5) is 10.3. The third-order valence-electron chi connectivity index (χ3n) is 2.18. The van der Waals surface area contributed by atoms with E-state index < -0.39 is 5.97 Å². The molecule has 0 aliphatic carbocycles. The summed E-state index contributed by atoms with van der Waals surface area (Å²) < 4.78 is 1.84. The Hall–Kier alpha value is -1.36. The number of nitrogens with zero attached hydrogens (tertiary/aromatic N) is 2. The molecule has 5 nitrogen and oxygen atoms in total. The third kappa shape index (κ3) is 5.17. The molecule has 15 heavy (non-hydrogen) atoms. The van der Waals surface area contributed by atoms with Crippen molar-refractivity contribution in [2.24, 2.45) is 0 Å². The Morgan fingerprint density at radius 2 is 2.47 bits per heavy atom. The maximum absolute atomic E-state index is 10.3. The van der Waals surface area contributed by atoms with Crippen molar-refractivity contribution in [1.29, 1.82) is 0 Å². The van der Waals surface area contributed by atoms with Crippen molar-refractivity contribution in [3.63, 3.8) is 0 Å². The standard InChI is InChI=1S/C10H17N3O2/c1-9(3-4-10(14)15)11-6-8-13-7-2-5-12-13/h2,5,7,9,11H,3-4,6,8H2,1H3,(H,14,15). The van der Waals surface area contributed by atoms with E-state index in [1.54, 1.807) is 6.20 Å². The molecule has 0 saturated carbocycles. The zero-order valence-corrected chi connectivity index (χ0v) is 8.89. The van der Waals surface area contributed by atoms with E-state index >= 15 is 0 Å². The summed E-state index contributed by atoms with van der Waals surface area (Å²) in [6, 6.07) is 2.12. The van der Waals surface area contributed by atoms with Gasteiger partial charge >= 0.3 is 5.97 Å². The smallest absolute Gasteiger partial charge is 0.303 e. The van der Waals surface area contributed by atoms with Crippen molar-refractivity contribution in [3.05, 3.63) is 18.5 Å². The normalized spacial score (nSPS) is 12.6. The van der Waals surface area contributed by atoms with E-state index in [-0.39, 0.29) is 12.5 Å². The summed E-state index contributed by atoms with van der Waals surface area (Å²) in [6.07, 6.45) is 4.53. The molecule has 84 valence electrons. The first-order valence-electron chi connectivity index (χ1n) is 5.11. The summed E-state index contributed by atoms with van der Waals surface area (Å²) in [5.74, 6) is -0.740. The van der Waals surface area contributed by atoms with E-state index in [1.165, 1.54) is 0 Å². The molecule has 1 heterocycles. The zero-order valence-electron chi connectivity index (χ0n) is 8.89. The van der Waals surface area contributed by atoms with Crippen LogP contribution in [-0.2, 0) is 11.3 Å². The fraction of sp³-hybridized carbons (Fsp3) is 0.600. The Kier molecular flexibility index (Phi) is 4.83. The molecule has 0 bridgehead atoms. The van der Waals surface area contributed by atoms with Crippen molar-refractivity contribution >= 4 is 5.97 Å². The quantitative estimate of drug-likeness (QED) is 0.697. The maximum Gasteiger partial charge on any atom is 0.303 e. The van der Waals surface area contributed by atoms with Gasteiger partial charge in [0.05, 0.1) is 6.54 Å². The Bertz CT molecular complexity index is 285. The Balaban J connectivity index is 2.06. The molecule has 0 spiro atoms. The number of nitrogens with one attached hydrogen (secondary N) is 1. The van der Waals surface area contributed by atoms with E-state index in [0.717, 1.165) is 13.1 Å². The van der Waals surface area contributed by atoms with Gasteiger partial charge in [0.2, 0.25) is 0 Å². The van der Waals surface area contributed by atoms with E-state index in [0.29, 0.717) is 6.42 Å². The number of carboxylic acids is 1. The molecule has 0 aliphatic heterocycles. The Morgan fingerprint density at radius 1 is 1.67 bits per heavy atom. The van der Waals surface area contributed by atoms with Crippen LogP contribution in [0.2, 0.25) is 0 Å². The van der Waals surface area contributed by atoms with Gasteiger partial charge in [0.15, 0.2) is 0 Å². The van der Waals surface area contributed by atoms with E-state index in [4.69, 9.17) is 5.11 Å². The van der Waals surface area contributed by atoms with Crippen LogP contribution < -0.4 is 5.32 Å². The van der Waals surface area contributed by atoms with Crippen LogP contribution in [0.1, 0.15) is 19.8 Å². The average molecular weight is 211 g/mol. The molecule has 0 aliphatic rings. The van der Waals surface area contributed by atoms with Crippen molar-refractivity contribution in [3.8, 4) is 0 Å². The molecule has 0 saturated heterocycles. The fourth-order valence-corrected chi connectivity index (χ4v) is 1.30. The molecular weight excluding hydrogens is 194 g/mol. The highest BCUT2D eigenvalue weighted by Crippen LogP contribution is 1.95. The molecule has 0 fully saturated rings. The number of rotatable bonds is 7. The molecule has 0 amide bonds. The molecule has 0 radical (unpaired) electrons. The Morgan fingerprint density at radius 3 is 3.07 bits per heavy atom. The maximum atomic E-state index is 10.3. The van der Waals surface area contributed by atoms with Gasteiger partial charge in [-0.25, -0.2) is 0 Å². The lowest BCUT2D eigenvalue weighted by Gasteiger charge is -2.12. The predicted molar refractivity (Wildman–Crippen MR) is 56.6 cm³/mol. The summed E-state index contributed by atoms with van der Waals surface area (Å²) >= 11 is 0. The van der Waals surface area contributed by atoms with Crippen molar-refractivity contribution in [2.45, 2.75) is 32.4 Å². The summed E-state index contributed by atoms with van der Waals surface area (Å²) in [6.45, 7) is 3.61. The van der Waals surface area contributed by atoms with Crippen LogP contribution in [0.25, 0.3) is 0 Å². The number of aromatic nitrogens is 2. The molecule has 5 heteroatoms. The monoisotopic (exact) mass is 211 g/mol. The first-order chi connectivity index (χ1) is 7.18. The first kappa shape index (κ1) is 11.7. The van der Waals surface area contributed by atoms with Crippen LogP contribution >= 0.6 is 0 Å². The predicted octanol–water partition coefficient (Wildman–Crippen LogP) is 0.726. The molecular formula is C10H17N3O2. The lowest BCUT2D eigenvalue weighted by Crippen LogP contribution is -2.30. The number of hydrogen-bond donors (Lipinski definition) is 2. The van der Waals surface area contributed by atoms with Gasteiger partial charge in [-0.2, -0.15) is 5.10 Å². The van der Waals surface area contributed by atoms with E-state index in [1.807, 2.05) is 23.9 Å². The third-order valence-corrected chi connectivity index (χ3v) is 2.18. The lowest BCUT2D eigenvalue weighted by atomic mass is 10.2. The fourth-order valence-electron chi connectivity index (χ4n) is 1.30. The minimum Gasteiger partial charge on any atom is -0.481 e. The average Bonchev–Trinajstić information content (AvgIpc) is 2.67. The van der Waals surface area contributed by atoms with Crippen molar-refractivity contribution in [2.75, 3.05) is 6.54 Å². The van der Waals surface area contributed by atoms with Gasteiger partial charge in [0.25, 0.3) is 0 Å². The number of aliphatic carboxylic acids is 1. The zero-order chi connectivity index (χ0) is 11.1. The molecule has 2 N–H and O–H groups in total. The van der Waals surface area contributed by atoms with Gasteiger partial charge in [-0.15, -0.1) is 0 Å². The lowest BCUT2D eigenvalue weighted by molar-refractivity contribution is -0.137. The second kappa shape index (κ2) is 6.19. The topological polar surface area (TPSA) is 67.2 Å². The van der Waals surface area contributed by atoms with Crippen LogP contribution in [0.4, 0.5) is 0 Å². The second-order valence-corrected chi connectivity index (χ2v) is 3.56. The molecule has 1 unspecified atom stereocenters. The van der Waals surface area contributed by atoms with Gasteiger partial charge in [-0.3, -0.25) is 9.48 Å². The SMILES string of the molecule is CC(CCC(=O)O)NCCn1cccn1. The minimum atomic E-state index is -0.740. The van der Waals surface area contributed by atoms with Crippen LogP contribution in [0.3, 0.4) is 0 Å². The molecule has 1 aromatic heterocycles. The number of hydrogen-bond acceptors (Lipinski definition) is 3. The van der Waals surface area contributed by atoms with Crippen molar-refractivity contribution in [1.82, 2.24) is 15.1 Å². The van der Waals surface area contributed by atoms with Gasteiger partial charge < -0.3 is 10.4 Å². The van der Waals surface area contributed by atoms with Crippen LogP contribution in [-0.4, -0.2) is 33.4 Å². The Labute approximate surface area is 89.1 Å². The van der Waals surface area contributed by atoms with Crippen LogP contribution in [0.5, 0.6) is 0 Å². The largest absolute Gasteiger partial charge is 0.481 e. The summed E-state index contributed by atoms with van der Waals surface area (Å²) in [5, 5.41) is 15.8.